The van der Waals surface area contributed by atoms with E-state index in [-0.39, 0.29) is 0 Å². The summed E-state index contributed by atoms with van der Waals surface area (Å²) in [6.07, 6.45) is 1.03. The van der Waals surface area contributed by atoms with Crippen LogP contribution in [0.4, 0.5) is 0 Å². The van der Waals surface area contributed by atoms with Crippen molar-refractivity contribution >= 4 is 31.9 Å². The fourth-order valence-corrected chi connectivity index (χ4v) is 3.18. The Morgan fingerprint density at radius 3 is 2.37 bits per heavy atom. The average molecular weight is 395 g/mol. The molecule has 1 rings (SSSR count). The van der Waals surface area contributed by atoms with Crippen molar-refractivity contribution in [3.63, 3.8) is 0 Å². The molecule has 0 saturated carbocycles. The highest BCUT2D eigenvalue weighted by molar-refractivity contribution is 9.11. The van der Waals surface area contributed by atoms with Crippen LogP contribution < -0.4 is 10.1 Å². The molecule has 0 amide bonds. The molecule has 0 bridgehead atoms. The van der Waals surface area contributed by atoms with Gasteiger partial charge in [0, 0.05) is 19.8 Å². The van der Waals surface area contributed by atoms with Crippen LogP contribution in [0.25, 0.3) is 0 Å². The van der Waals surface area contributed by atoms with Crippen LogP contribution in [-0.2, 0) is 11.3 Å². The van der Waals surface area contributed by atoms with E-state index >= 15 is 0 Å². The molecule has 19 heavy (non-hydrogen) atoms. The van der Waals surface area contributed by atoms with Gasteiger partial charge in [0.1, 0.15) is 5.75 Å². The molecule has 0 unspecified atom stereocenters. The molecule has 0 aromatic heterocycles. The minimum absolute atomic E-state index is 0.659. The van der Waals surface area contributed by atoms with Crippen molar-refractivity contribution in [3.05, 3.63) is 26.6 Å². The third kappa shape index (κ3) is 6.25. The Balaban J connectivity index is 2.42. The maximum Gasteiger partial charge on any atom is 0.147 e. The largest absolute Gasteiger partial charge is 0.492 e. The Morgan fingerprint density at radius 2 is 1.79 bits per heavy atom. The third-order valence-corrected chi connectivity index (χ3v) is 3.70. The Kier molecular flexibility index (Phi) is 8.70. The molecule has 0 spiro atoms. The smallest absolute Gasteiger partial charge is 0.147 e. The molecule has 1 aromatic carbocycles. The van der Waals surface area contributed by atoms with Gasteiger partial charge in [-0.1, -0.05) is 0 Å². The van der Waals surface area contributed by atoms with Crippen molar-refractivity contribution < 1.29 is 9.47 Å². The van der Waals surface area contributed by atoms with Gasteiger partial charge in [0.25, 0.3) is 0 Å². The van der Waals surface area contributed by atoms with E-state index < -0.39 is 0 Å². The lowest BCUT2D eigenvalue weighted by Crippen LogP contribution is -2.16. The minimum Gasteiger partial charge on any atom is -0.492 e. The van der Waals surface area contributed by atoms with Crippen LogP contribution in [-0.4, -0.2) is 26.4 Å². The quantitative estimate of drug-likeness (QED) is 0.639. The molecule has 0 saturated heterocycles. The van der Waals surface area contributed by atoms with Crippen LogP contribution in [0.2, 0.25) is 0 Å². The second kappa shape index (κ2) is 9.75. The SMILES string of the molecule is CCOCCCNCc1cc(Br)c(OCC)c(Br)c1. The molecule has 3 nitrogen and oxygen atoms in total. The number of ether oxygens (including phenoxy) is 2. The lowest BCUT2D eigenvalue weighted by atomic mass is 10.2. The van der Waals surface area contributed by atoms with Crippen LogP contribution in [0.3, 0.4) is 0 Å². The second-order valence-electron chi connectivity index (χ2n) is 4.05. The third-order valence-electron chi connectivity index (χ3n) is 2.52. The summed E-state index contributed by atoms with van der Waals surface area (Å²) in [4.78, 5) is 0. The molecule has 1 aromatic rings. The zero-order chi connectivity index (χ0) is 14.1. The topological polar surface area (TPSA) is 30.5 Å². The van der Waals surface area contributed by atoms with Crippen molar-refractivity contribution in [2.75, 3.05) is 26.4 Å². The summed E-state index contributed by atoms with van der Waals surface area (Å²) in [7, 11) is 0. The number of benzene rings is 1. The Morgan fingerprint density at radius 1 is 1.11 bits per heavy atom. The summed E-state index contributed by atoms with van der Waals surface area (Å²) < 4.78 is 12.8. The summed E-state index contributed by atoms with van der Waals surface area (Å²) >= 11 is 7.08. The van der Waals surface area contributed by atoms with Crippen LogP contribution in [0, 0.1) is 0 Å². The molecule has 0 radical (unpaired) electrons. The molecule has 0 atom stereocenters. The molecule has 1 N–H and O–H groups in total. The van der Waals surface area contributed by atoms with Gasteiger partial charge in [0.05, 0.1) is 15.6 Å². The summed E-state index contributed by atoms with van der Waals surface area (Å²) in [6, 6.07) is 4.18. The fraction of sp³-hybridized carbons (Fsp3) is 0.571. The van der Waals surface area contributed by atoms with E-state index in [9.17, 15) is 0 Å². The standard InChI is InChI=1S/C14H21Br2NO2/c1-3-18-7-5-6-17-10-11-8-12(15)14(19-4-2)13(16)9-11/h8-9,17H,3-7,10H2,1-2H3. The lowest BCUT2D eigenvalue weighted by Gasteiger charge is -2.11. The van der Waals surface area contributed by atoms with Crippen LogP contribution in [0.5, 0.6) is 5.75 Å². The molecular formula is C14H21Br2NO2. The van der Waals surface area contributed by atoms with Gasteiger partial charge in [-0.25, -0.2) is 0 Å². The van der Waals surface area contributed by atoms with Gasteiger partial charge in [0.2, 0.25) is 0 Å². The van der Waals surface area contributed by atoms with E-state index in [1.807, 2.05) is 13.8 Å². The van der Waals surface area contributed by atoms with E-state index in [1.54, 1.807) is 0 Å². The van der Waals surface area contributed by atoms with Gasteiger partial charge in [-0.3, -0.25) is 0 Å². The Hall–Kier alpha value is -0.100. The predicted octanol–water partition coefficient (Wildman–Crippen LogP) is 4.13. The first-order chi connectivity index (χ1) is 9.19. The molecule has 0 aliphatic carbocycles. The van der Waals surface area contributed by atoms with E-state index in [1.165, 1.54) is 5.56 Å². The average Bonchev–Trinajstić information content (AvgIpc) is 2.38. The zero-order valence-electron chi connectivity index (χ0n) is 11.5. The Labute approximate surface area is 132 Å². The van der Waals surface area contributed by atoms with Crippen molar-refractivity contribution in [2.24, 2.45) is 0 Å². The number of nitrogens with one attached hydrogen (secondary N) is 1. The van der Waals surface area contributed by atoms with Gasteiger partial charge in [-0.05, 0) is 76.4 Å². The van der Waals surface area contributed by atoms with E-state index in [4.69, 9.17) is 9.47 Å². The first-order valence-corrected chi connectivity index (χ1v) is 8.16. The maximum atomic E-state index is 5.56. The van der Waals surface area contributed by atoms with Gasteiger partial charge in [0.15, 0.2) is 0 Å². The molecule has 0 fully saturated rings. The number of hydrogen-bond acceptors (Lipinski definition) is 3. The van der Waals surface area contributed by atoms with Gasteiger partial charge < -0.3 is 14.8 Å². The summed E-state index contributed by atoms with van der Waals surface area (Å²) in [6.45, 7) is 8.07. The summed E-state index contributed by atoms with van der Waals surface area (Å²) in [5, 5.41) is 3.40. The van der Waals surface area contributed by atoms with Crippen molar-refractivity contribution in [3.8, 4) is 5.75 Å². The van der Waals surface area contributed by atoms with Gasteiger partial charge in [-0.15, -0.1) is 0 Å². The lowest BCUT2D eigenvalue weighted by molar-refractivity contribution is 0.144. The molecule has 0 aliphatic rings. The summed E-state index contributed by atoms with van der Waals surface area (Å²) in [5.41, 5.74) is 1.22. The summed E-state index contributed by atoms with van der Waals surface area (Å²) in [5.74, 6) is 0.864. The normalized spacial score (nSPS) is 10.7. The van der Waals surface area contributed by atoms with Crippen LogP contribution in [0.1, 0.15) is 25.8 Å². The van der Waals surface area contributed by atoms with Crippen LogP contribution >= 0.6 is 31.9 Å². The zero-order valence-corrected chi connectivity index (χ0v) is 14.6. The second-order valence-corrected chi connectivity index (χ2v) is 5.76. The fourth-order valence-electron chi connectivity index (χ4n) is 1.67. The number of rotatable bonds is 9. The predicted molar refractivity (Wildman–Crippen MR) is 85.8 cm³/mol. The van der Waals surface area contributed by atoms with Gasteiger partial charge >= 0.3 is 0 Å². The van der Waals surface area contributed by atoms with Gasteiger partial charge in [-0.2, -0.15) is 0 Å². The highest BCUT2D eigenvalue weighted by Gasteiger charge is 2.08. The molecule has 0 heterocycles. The minimum atomic E-state index is 0.659. The maximum absolute atomic E-state index is 5.56. The van der Waals surface area contributed by atoms with Crippen LogP contribution in [0.15, 0.2) is 21.1 Å². The number of hydrogen-bond donors (Lipinski definition) is 1. The first-order valence-electron chi connectivity index (χ1n) is 6.58. The molecule has 108 valence electrons. The van der Waals surface area contributed by atoms with Crippen molar-refractivity contribution in [2.45, 2.75) is 26.8 Å². The highest BCUT2D eigenvalue weighted by Crippen LogP contribution is 2.34. The van der Waals surface area contributed by atoms with E-state index in [0.717, 1.165) is 47.4 Å². The van der Waals surface area contributed by atoms with E-state index in [0.29, 0.717) is 6.61 Å². The monoisotopic (exact) mass is 393 g/mol. The Bertz CT molecular complexity index is 363. The number of halogens is 2. The van der Waals surface area contributed by atoms with Crippen molar-refractivity contribution in [1.29, 1.82) is 0 Å². The highest BCUT2D eigenvalue weighted by atomic mass is 79.9. The molecular weight excluding hydrogens is 374 g/mol. The van der Waals surface area contributed by atoms with E-state index in [2.05, 4.69) is 49.3 Å². The molecule has 5 heteroatoms. The van der Waals surface area contributed by atoms with Crippen molar-refractivity contribution in [1.82, 2.24) is 5.32 Å². The molecule has 0 aliphatic heterocycles. The first kappa shape index (κ1) is 17.0.